The molecule has 0 radical (unpaired) electrons. The molecule has 1 N–H and O–H groups in total. The first kappa shape index (κ1) is 18.6. The van der Waals surface area contributed by atoms with Gasteiger partial charge in [-0.25, -0.2) is 9.78 Å². The van der Waals surface area contributed by atoms with Crippen molar-refractivity contribution in [1.82, 2.24) is 10.3 Å². The molecule has 1 fully saturated rings. The number of hydrogen-bond acceptors (Lipinski definition) is 5. The average molecular weight is 394 g/mol. The van der Waals surface area contributed by atoms with Crippen molar-refractivity contribution in [3.05, 3.63) is 65.2 Å². The topological polar surface area (TPSA) is 68.3 Å². The molecule has 2 aromatic carbocycles. The first-order valence-corrected chi connectivity index (χ1v) is 10.4. The van der Waals surface area contributed by atoms with E-state index in [0.29, 0.717) is 18.4 Å². The summed E-state index contributed by atoms with van der Waals surface area (Å²) in [6, 6.07) is 15.0. The second-order valence-electron chi connectivity index (χ2n) is 7.19. The van der Waals surface area contributed by atoms with E-state index in [1.165, 1.54) is 11.3 Å². The van der Waals surface area contributed by atoms with Crippen LogP contribution in [0.3, 0.4) is 0 Å². The van der Waals surface area contributed by atoms with Crippen LogP contribution in [0.15, 0.2) is 54.0 Å². The minimum atomic E-state index is -0.952. The second-order valence-corrected chi connectivity index (χ2v) is 8.08. The molecule has 1 aromatic heterocycles. The highest BCUT2D eigenvalue weighted by Gasteiger charge is 2.42. The molecule has 1 amide bonds. The van der Waals surface area contributed by atoms with Gasteiger partial charge >= 0.3 is 5.97 Å². The van der Waals surface area contributed by atoms with Crippen molar-refractivity contribution in [3.63, 3.8) is 0 Å². The van der Waals surface area contributed by atoms with Crippen LogP contribution in [0.25, 0.3) is 10.2 Å². The molecule has 1 aliphatic rings. The molecule has 144 valence electrons. The number of rotatable bonds is 5. The number of nitrogens with zero attached hydrogens (tertiary/aromatic N) is 1. The van der Waals surface area contributed by atoms with Gasteiger partial charge in [0.15, 0.2) is 0 Å². The first-order chi connectivity index (χ1) is 13.7. The van der Waals surface area contributed by atoms with Gasteiger partial charge < -0.3 is 10.1 Å². The van der Waals surface area contributed by atoms with Crippen LogP contribution in [0, 0.1) is 0 Å². The number of aromatic nitrogens is 1. The Bertz CT molecular complexity index is 978. The zero-order chi connectivity index (χ0) is 19.4. The molecule has 1 saturated carbocycles. The zero-order valence-electron chi connectivity index (χ0n) is 15.5. The maximum Gasteiger partial charge on any atom is 0.332 e. The molecule has 0 unspecified atom stereocenters. The van der Waals surface area contributed by atoms with E-state index in [2.05, 4.69) is 10.3 Å². The van der Waals surface area contributed by atoms with Gasteiger partial charge in [0.25, 0.3) is 5.91 Å². The zero-order valence-corrected chi connectivity index (χ0v) is 16.3. The van der Waals surface area contributed by atoms with Gasteiger partial charge in [-0.2, -0.15) is 0 Å². The summed E-state index contributed by atoms with van der Waals surface area (Å²) < 4.78 is 6.56. The van der Waals surface area contributed by atoms with Crippen molar-refractivity contribution >= 4 is 33.4 Å². The Morgan fingerprint density at radius 1 is 1.07 bits per heavy atom. The molecular formula is C22H22N2O3S. The van der Waals surface area contributed by atoms with E-state index in [9.17, 15) is 9.59 Å². The summed E-state index contributed by atoms with van der Waals surface area (Å²) in [6.45, 7) is 0.212. The smallest absolute Gasteiger partial charge is 0.332 e. The Hall–Kier alpha value is -2.73. The third-order valence-electron chi connectivity index (χ3n) is 5.26. The SMILES string of the molecule is O=C(NC1(C(=O)OCc2ccccc2)CCCCC1)c1ccc2ncsc2c1. The maximum absolute atomic E-state index is 13.0. The lowest BCUT2D eigenvalue weighted by atomic mass is 9.81. The molecule has 3 aromatic rings. The van der Waals surface area contributed by atoms with E-state index >= 15 is 0 Å². The van der Waals surface area contributed by atoms with Crippen LogP contribution in [0.5, 0.6) is 0 Å². The minimum absolute atomic E-state index is 0.212. The van der Waals surface area contributed by atoms with E-state index in [1.54, 1.807) is 11.6 Å². The summed E-state index contributed by atoms with van der Waals surface area (Å²) in [5.41, 5.74) is 3.15. The standard InChI is InChI=1S/C22H22N2O3S/c25-20(17-9-10-18-19(13-17)28-15-23-18)24-22(11-5-2-6-12-22)21(26)27-14-16-7-3-1-4-8-16/h1,3-4,7-10,13,15H,2,5-6,11-12,14H2,(H,24,25). The van der Waals surface area contributed by atoms with Crippen molar-refractivity contribution in [3.8, 4) is 0 Å². The molecule has 0 saturated heterocycles. The molecule has 28 heavy (non-hydrogen) atoms. The quantitative estimate of drug-likeness (QED) is 0.648. The van der Waals surface area contributed by atoms with Crippen LogP contribution < -0.4 is 5.32 Å². The van der Waals surface area contributed by atoms with Gasteiger partial charge in [0.05, 0.1) is 15.7 Å². The lowest BCUT2D eigenvalue weighted by Gasteiger charge is -2.35. The number of amides is 1. The minimum Gasteiger partial charge on any atom is -0.459 e. The fourth-order valence-electron chi connectivity index (χ4n) is 3.68. The average Bonchev–Trinajstić information content (AvgIpc) is 3.21. The van der Waals surface area contributed by atoms with Crippen molar-refractivity contribution < 1.29 is 14.3 Å². The molecule has 0 aliphatic heterocycles. The molecule has 0 spiro atoms. The highest BCUT2D eigenvalue weighted by Crippen LogP contribution is 2.30. The molecule has 1 aliphatic carbocycles. The number of hydrogen-bond donors (Lipinski definition) is 1. The fourth-order valence-corrected chi connectivity index (χ4v) is 4.40. The molecule has 1 heterocycles. The number of carbonyl (C=O) groups is 2. The van der Waals surface area contributed by atoms with E-state index in [1.807, 2.05) is 42.5 Å². The molecule has 0 bridgehead atoms. The number of nitrogens with one attached hydrogen (secondary N) is 1. The number of thiazole rings is 1. The predicted octanol–water partition coefficient (Wildman–Crippen LogP) is 4.47. The van der Waals surface area contributed by atoms with E-state index < -0.39 is 5.54 Å². The van der Waals surface area contributed by atoms with Crippen LogP contribution in [0.2, 0.25) is 0 Å². The fraction of sp³-hybridized carbons (Fsp3) is 0.318. The Morgan fingerprint density at radius 3 is 2.64 bits per heavy atom. The highest BCUT2D eigenvalue weighted by atomic mass is 32.1. The number of ether oxygens (including phenoxy) is 1. The summed E-state index contributed by atoms with van der Waals surface area (Å²) in [5.74, 6) is -0.586. The van der Waals surface area contributed by atoms with Gasteiger partial charge in [0.1, 0.15) is 12.1 Å². The Balaban J connectivity index is 1.51. The summed E-state index contributed by atoms with van der Waals surface area (Å²) in [6.07, 6.45) is 4.07. The number of carbonyl (C=O) groups excluding carboxylic acids is 2. The lowest BCUT2D eigenvalue weighted by molar-refractivity contribution is -0.154. The third kappa shape index (κ3) is 3.92. The van der Waals surface area contributed by atoms with Gasteiger partial charge in [0, 0.05) is 5.56 Å². The van der Waals surface area contributed by atoms with Crippen LogP contribution in [-0.2, 0) is 16.1 Å². The summed E-state index contributed by atoms with van der Waals surface area (Å²) in [7, 11) is 0. The number of fused-ring (bicyclic) bond motifs is 1. The maximum atomic E-state index is 13.0. The van der Waals surface area contributed by atoms with Crippen molar-refractivity contribution in [2.75, 3.05) is 0 Å². The monoisotopic (exact) mass is 394 g/mol. The van der Waals surface area contributed by atoms with Crippen molar-refractivity contribution in [1.29, 1.82) is 0 Å². The number of esters is 1. The molecule has 4 rings (SSSR count). The van der Waals surface area contributed by atoms with Crippen molar-refractivity contribution in [2.24, 2.45) is 0 Å². The molecule has 6 heteroatoms. The van der Waals surface area contributed by atoms with Gasteiger partial charge in [-0.05, 0) is 36.6 Å². The van der Waals surface area contributed by atoms with Gasteiger partial charge in [-0.3, -0.25) is 4.79 Å². The van der Waals surface area contributed by atoms with Crippen LogP contribution in [-0.4, -0.2) is 22.4 Å². The molecule has 5 nitrogen and oxygen atoms in total. The number of benzene rings is 2. The van der Waals surface area contributed by atoms with Crippen LogP contribution in [0.1, 0.15) is 48.0 Å². The van der Waals surface area contributed by atoms with Crippen LogP contribution in [0.4, 0.5) is 0 Å². The van der Waals surface area contributed by atoms with Gasteiger partial charge in [-0.15, -0.1) is 11.3 Å². The van der Waals surface area contributed by atoms with Crippen molar-refractivity contribution in [2.45, 2.75) is 44.2 Å². The van der Waals surface area contributed by atoms with Crippen LogP contribution >= 0.6 is 11.3 Å². The second kappa shape index (κ2) is 8.10. The largest absolute Gasteiger partial charge is 0.459 e. The normalized spacial score (nSPS) is 15.9. The first-order valence-electron chi connectivity index (χ1n) is 9.53. The van der Waals surface area contributed by atoms with Gasteiger partial charge in [0.2, 0.25) is 0 Å². The lowest BCUT2D eigenvalue weighted by Crippen LogP contribution is -2.56. The highest BCUT2D eigenvalue weighted by molar-refractivity contribution is 7.16. The summed E-state index contributed by atoms with van der Waals surface area (Å²) in [4.78, 5) is 30.2. The Morgan fingerprint density at radius 2 is 1.86 bits per heavy atom. The van der Waals surface area contributed by atoms with E-state index in [-0.39, 0.29) is 18.5 Å². The Labute approximate surface area is 167 Å². The van der Waals surface area contributed by atoms with Gasteiger partial charge in [-0.1, -0.05) is 49.6 Å². The summed E-state index contributed by atoms with van der Waals surface area (Å²) >= 11 is 1.49. The molecular weight excluding hydrogens is 372 g/mol. The van der Waals surface area contributed by atoms with E-state index in [0.717, 1.165) is 35.0 Å². The predicted molar refractivity (Wildman–Crippen MR) is 109 cm³/mol. The summed E-state index contributed by atoms with van der Waals surface area (Å²) in [5, 5.41) is 3.01. The Kier molecular flexibility index (Phi) is 5.39. The third-order valence-corrected chi connectivity index (χ3v) is 6.05. The van der Waals surface area contributed by atoms with E-state index in [4.69, 9.17) is 4.74 Å². The molecule has 0 atom stereocenters.